The maximum Gasteiger partial charge on any atom is 0.0918 e. The predicted octanol–water partition coefficient (Wildman–Crippen LogP) is 3.10. The Morgan fingerprint density at radius 2 is 1.95 bits per heavy atom. The molecule has 0 saturated heterocycles. The van der Waals surface area contributed by atoms with E-state index in [1.54, 1.807) is 0 Å². The van der Waals surface area contributed by atoms with Crippen LogP contribution in [0.4, 0.5) is 0 Å². The number of nitrogens with one attached hydrogen (secondary N) is 1. The monoisotopic (exact) mass is 259 g/mol. The van der Waals surface area contributed by atoms with Gasteiger partial charge in [0.05, 0.1) is 5.84 Å². The van der Waals surface area contributed by atoms with Crippen molar-refractivity contribution in [2.45, 2.75) is 51.6 Å². The third-order valence-electron chi connectivity index (χ3n) is 3.76. The van der Waals surface area contributed by atoms with E-state index in [9.17, 15) is 0 Å². The normalized spacial score (nSPS) is 15.2. The number of nitrogens with two attached hydrogens (primary N) is 1. The molecule has 19 heavy (non-hydrogen) atoms. The van der Waals surface area contributed by atoms with Crippen LogP contribution in [0.15, 0.2) is 24.3 Å². The van der Waals surface area contributed by atoms with Gasteiger partial charge in [-0.1, -0.05) is 38.1 Å². The molecule has 0 aliphatic heterocycles. The Hall–Kier alpha value is -1.35. The Balaban J connectivity index is 1.94. The zero-order valence-electron chi connectivity index (χ0n) is 12.0. The molecule has 1 aliphatic carbocycles. The van der Waals surface area contributed by atoms with E-state index in [0.717, 1.165) is 13.1 Å². The molecule has 1 aromatic carbocycles. The number of hydrogen-bond donors (Lipinski definition) is 2. The van der Waals surface area contributed by atoms with Crippen molar-refractivity contribution < 1.29 is 0 Å². The zero-order chi connectivity index (χ0) is 13.8. The molecule has 0 radical (unpaired) electrons. The molecule has 0 unspecified atom stereocenters. The molecular weight excluding hydrogens is 234 g/mol. The summed E-state index contributed by atoms with van der Waals surface area (Å²) in [7, 11) is 0. The maximum absolute atomic E-state index is 7.36. The summed E-state index contributed by atoms with van der Waals surface area (Å²) >= 11 is 0. The van der Waals surface area contributed by atoms with Gasteiger partial charge in [-0.15, -0.1) is 0 Å². The van der Waals surface area contributed by atoms with Crippen LogP contribution in [0.3, 0.4) is 0 Å². The largest absolute Gasteiger partial charge is 0.388 e. The van der Waals surface area contributed by atoms with E-state index < -0.39 is 0 Å². The lowest BCUT2D eigenvalue weighted by Gasteiger charge is -2.22. The smallest absolute Gasteiger partial charge is 0.0918 e. The van der Waals surface area contributed by atoms with Gasteiger partial charge in [-0.25, -0.2) is 0 Å². The first kappa shape index (κ1) is 14.1. The first-order valence-corrected chi connectivity index (χ1v) is 7.22. The Bertz CT molecular complexity index is 418. The van der Waals surface area contributed by atoms with Gasteiger partial charge in [-0.05, 0) is 29.9 Å². The molecule has 0 aromatic heterocycles. The second kappa shape index (κ2) is 6.20. The van der Waals surface area contributed by atoms with E-state index in [-0.39, 0.29) is 0 Å². The molecular formula is C16H25N3. The molecule has 0 heterocycles. The number of rotatable bonds is 7. The van der Waals surface area contributed by atoms with Gasteiger partial charge in [-0.3, -0.25) is 10.3 Å². The van der Waals surface area contributed by atoms with Crippen LogP contribution < -0.4 is 5.73 Å². The van der Waals surface area contributed by atoms with Crippen LogP contribution in [-0.4, -0.2) is 23.3 Å². The van der Waals surface area contributed by atoms with Gasteiger partial charge >= 0.3 is 0 Å². The Labute approximate surface area is 116 Å². The molecule has 3 nitrogen and oxygen atoms in total. The van der Waals surface area contributed by atoms with Gasteiger partial charge < -0.3 is 5.73 Å². The highest BCUT2D eigenvalue weighted by molar-refractivity contribution is 5.76. The molecule has 0 amide bonds. The van der Waals surface area contributed by atoms with Crippen molar-refractivity contribution in [3.8, 4) is 0 Å². The molecule has 0 spiro atoms. The van der Waals surface area contributed by atoms with Crippen molar-refractivity contribution in [2.75, 3.05) is 6.54 Å². The van der Waals surface area contributed by atoms with Gasteiger partial charge in [-0.2, -0.15) is 0 Å². The second-order valence-electron chi connectivity index (χ2n) is 5.87. The highest BCUT2D eigenvalue weighted by atomic mass is 15.2. The first-order chi connectivity index (χ1) is 9.06. The minimum atomic E-state index is 0.292. The van der Waals surface area contributed by atoms with Crippen LogP contribution >= 0.6 is 0 Å². The number of amidine groups is 1. The van der Waals surface area contributed by atoms with E-state index in [4.69, 9.17) is 11.1 Å². The highest BCUT2D eigenvalue weighted by Crippen LogP contribution is 2.28. The SMILES string of the molecule is CC(C)c1ccc(CN(CCC(=N)N)C2CC2)cc1. The molecule has 1 aliphatic rings. The summed E-state index contributed by atoms with van der Waals surface area (Å²) in [4.78, 5) is 2.46. The van der Waals surface area contributed by atoms with E-state index >= 15 is 0 Å². The van der Waals surface area contributed by atoms with E-state index in [1.165, 1.54) is 24.0 Å². The zero-order valence-corrected chi connectivity index (χ0v) is 12.0. The summed E-state index contributed by atoms with van der Waals surface area (Å²) in [5.41, 5.74) is 8.22. The first-order valence-electron chi connectivity index (χ1n) is 7.22. The van der Waals surface area contributed by atoms with Crippen LogP contribution in [0.5, 0.6) is 0 Å². The molecule has 104 valence electrons. The molecule has 3 N–H and O–H groups in total. The summed E-state index contributed by atoms with van der Waals surface area (Å²) in [6.45, 7) is 6.33. The van der Waals surface area contributed by atoms with Gasteiger partial charge in [0.25, 0.3) is 0 Å². The lowest BCUT2D eigenvalue weighted by Crippen LogP contribution is -2.29. The summed E-state index contributed by atoms with van der Waals surface area (Å²) < 4.78 is 0. The Morgan fingerprint density at radius 1 is 1.32 bits per heavy atom. The summed E-state index contributed by atoms with van der Waals surface area (Å²) in [6.07, 6.45) is 3.27. The number of benzene rings is 1. The van der Waals surface area contributed by atoms with E-state index in [1.807, 2.05) is 0 Å². The third kappa shape index (κ3) is 4.35. The van der Waals surface area contributed by atoms with Gasteiger partial charge in [0.2, 0.25) is 0 Å². The van der Waals surface area contributed by atoms with E-state index in [0.29, 0.717) is 24.2 Å². The predicted molar refractivity (Wildman–Crippen MR) is 80.5 cm³/mol. The number of hydrogen-bond acceptors (Lipinski definition) is 2. The molecule has 2 rings (SSSR count). The van der Waals surface area contributed by atoms with Gasteiger partial charge in [0.1, 0.15) is 0 Å². The summed E-state index contributed by atoms with van der Waals surface area (Å²) in [5.74, 6) is 0.882. The van der Waals surface area contributed by atoms with Crippen molar-refractivity contribution in [2.24, 2.45) is 5.73 Å². The van der Waals surface area contributed by atoms with Crippen LogP contribution in [0.2, 0.25) is 0 Å². The van der Waals surface area contributed by atoms with Crippen molar-refractivity contribution in [1.82, 2.24) is 4.90 Å². The van der Waals surface area contributed by atoms with Crippen molar-refractivity contribution >= 4 is 5.84 Å². The van der Waals surface area contributed by atoms with Gasteiger partial charge in [0, 0.05) is 25.6 Å². The van der Waals surface area contributed by atoms with Crippen molar-refractivity contribution in [3.05, 3.63) is 35.4 Å². The fourth-order valence-electron chi connectivity index (χ4n) is 2.34. The molecule has 1 fully saturated rings. The topological polar surface area (TPSA) is 53.1 Å². The minimum absolute atomic E-state index is 0.292. The average Bonchev–Trinajstić information content (AvgIpc) is 3.19. The number of nitrogens with zero attached hydrogens (tertiary/aromatic N) is 1. The maximum atomic E-state index is 7.36. The van der Waals surface area contributed by atoms with Crippen LogP contribution in [0.1, 0.15) is 50.2 Å². The summed E-state index contributed by atoms with van der Waals surface area (Å²) in [5, 5.41) is 7.36. The van der Waals surface area contributed by atoms with Crippen molar-refractivity contribution in [3.63, 3.8) is 0 Å². The minimum Gasteiger partial charge on any atom is -0.388 e. The molecule has 1 saturated carbocycles. The van der Waals surface area contributed by atoms with E-state index in [2.05, 4.69) is 43.0 Å². The fourth-order valence-corrected chi connectivity index (χ4v) is 2.34. The molecule has 0 atom stereocenters. The highest BCUT2D eigenvalue weighted by Gasteiger charge is 2.28. The van der Waals surface area contributed by atoms with Gasteiger partial charge in [0.15, 0.2) is 0 Å². The Kier molecular flexibility index (Phi) is 4.59. The van der Waals surface area contributed by atoms with Crippen LogP contribution in [0, 0.1) is 5.41 Å². The van der Waals surface area contributed by atoms with Crippen molar-refractivity contribution in [1.29, 1.82) is 5.41 Å². The quantitative estimate of drug-likeness (QED) is 0.584. The van der Waals surface area contributed by atoms with Crippen LogP contribution in [0.25, 0.3) is 0 Å². The summed E-state index contributed by atoms with van der Waals surface area (Å²) in [6, 6.07) is 9.65. The molecule has 0 bridgehead atoms. The molecule has 1 aromatic rings. The molecule has 3 heteroatoms. The average molecular weight is 259 g/mol. The standard InChI is InChI=1S/C16H25N3/c1-12(2)14-5-3-13(4-6-14)11-19(15-7-8-15)10-9-16(17)18/h3-6,12,15H,7-11H2,1-2H3,(H3,17,18). The van der Waals surface area contributed by atoms with Crippen LogP contribution in [-0.2, 0) is 6.54 Å². The third-order valence-corrected chi connectivity index (χ3v) is 3.76. The lowest BCUT2D eigenvalue weighted by atomic mass is 10.0. The fraction of sp³-hybridized carbons (Fsp3) is 0.562. The Morgan fingerprint density at radius 3 is 2.42 bits per heavy atom. The second-order valence-corrected chi connectivity index (χ2v) is 5.87. The lowest BCUT2D eigenvalue weighted by molar-refractivity contribution is 0.262.